The minimum absolute atomic E-state index is 0.0578. The smallest absolute Gasteiger partial charge is 0.228 e. The summed E-state index contributed by atoms with van der Waals surface area (Å²) in [7, 11) is 0. The minimum Gasteiger partial charge on any atom is -0.325 e. The molecule has 0 saturated heterocycles. The van der Waals surface area contributed by atoms with E-state index in [1.54, 1.807) is 25.3 Å². The molecule has 0 unspecified atom stereocenters. The lowest BCUT2D eigenvalue weighted by Gasteiger charge is -1.98. The fraction of sp³-hybridized carbons (Fsp3) is 0.364. The van der Waals surface area contributed by atoms with Crippen LogP contribution in [-0.2, 0) is 4.79 Å². The first kappa shape index (κ1) is 10.6. The Hall–Kier alpha value is -1.91. The number of hydrogen-bond acceptors (Lipinski definition) is 3. The van der Waals surface area contributed by atoms with E-state index in [4.69, 9.17) is 5.41 Å². The standard InChI is InChI=1S/C11H14N4O/c1-7(12)2-5-9-13-6-10(14-9)15-11(16)8-3-4-8/h2,5-6,8,12H,3-4H2,1H3,(H,13,14)(H,15,16)/b5-2-,12-7?. The number of imidazole rings is 1. The molecular weight excluding hydrogens is 204 g/mol. The quantitative estimate of drug-likeness (QED) is 0.673. The van der Waals surface area contributed by atoms with Crippen molar-refractivity contribution in [2.75, 3.05) is 5.32 Å². The molecule has 3 N–H and O–H groups in total. The van der Waals surface area contributed by atoms with E-state index in [9.17, 15) is 4.79 Å². The lowest BCUT2D eigenvalue weighted by molar-refractivity contribution is -0.117. The van der Waals surface area contributed by atoms with E-state index >= 15 is 0 Å². The third kappa shape index (κ3) is 2.79. The van der Waals surface area contributed by atoms with Gasteiger partial charge in [-0.25, -0.2) is 4.98 Å². The molecule has 1 fully saturated rings. The van der Waals surface area contributed by atoms with Crippen LogP contribution in [0.15, 0.2) is 12.3 Å². The number of H-pyrrole nitrogens is 1. The van der Waals surface area contributed by atoms with Crippen LogP contribution in [0.25, 0.3) is 6.08 Å². The SMILES string of the molecule is CC(=N)/C=C\c1ncc(NC(=O)C2CC2)[nH]1. The summed E-state index contributed by atoms with van der Waals surface area (Å²) in [5.41, 5.74) is 0.458. The fourth-order valence-corrected chi connectivity index (χ4v) is 1.27. The van der Waals surface area contributed by atoms with Crippen LogP contribution in [0.4, 0.5) is 5.82 Å². The first-order chi connectivity index (χ1) is 7.65. The predicted octanol–water partition coefficient (Wildman–Crippen LogP) is 1.81. The molecule has 1 aromatic heterocycles. The monoisotopic (exact) mass is 218 g/mol. The van der Waals surface area contributed by atoms with Gasteiger partial charge < -0.3 is 15.7 Å². The molecule has 1 amide bonds. The van der Waals surface area contributed by atoms with Crippen molar-refractivity contribution in [3.63, 3.8) is 0 Å². The number of anilines is 1. The van der Waals surface area contributed by atoms with Gasteiger partial charge in [-0.2, -0.15) is 0 Å². The second-order valence-corrected chi connectivity index (χ2v) is 3.96. The van der Waals surface area contributed by atoms with E-state index in [0.717, 1.165) is 12.8 Å². The average molecular weight is 218 g/mol. The maximum absolute atomic E-state index is 11.4. The second-order valence-electron chi connectivity index (χ2n) is 3.96. The summed E-state index contributed by atoms with van der Waals surface area (Å²) >= 11 is 0. The molecule has 5 nitrogen and oxygen atoms in total. The van der Waals surface area contributed by atoms with Crippen LogP contribution < -0.4 is 5.32 Å². The third-order valence-electron chi connectivity index (χ3n) is 2.29. The van der Waals surface area contributed by atoms with Gasteiger partial charge in [0.05, 0.1) is 6.20 Å². The number of aromatic amines is 1. The number of carbonyl (C=O) groups excluding carboxylic acids is 1. The lowest BCUT2D eigenvalue weighted by Crippen LogP contribution is -2.13. The van der Waals surface area contributed by atoms with Crippen molar-refractivity contribution >= 4 is 23.5 Å². The van der Waals surface area contributed by atoms with E-state index in [-0.39, 0.29) is 11.8 Å². The predicted molar refractivity (Wildman–Crippen MR) is 62.4 cm³/mol. The molecule has 1 aromatic rings. The van der Waals surface area contributed by atoms with Gasteiger partial charge in [0, 0.05) is 11.6 Å². The highest BCUT2D eigenvalue weighted by molar-refractivity contribution is 5.94. The van der Waals surface area contributed by atoms with Crippen LogP contribution in [0.1, 0.15) is 25.6 Å². The van der Waals surface area contributed by atoms with E-state index in [1.807, 2.05) is 0 Å². The summed E-state index contributed by atoms with van der Waals surface area (Å²) in [4.78, 5) is 18.5. The first-order valence-corrected chi connectivity index (χ1v) is 5.24. The molecule has 0 spiro atoms. The maximum atomic E-state index is 11.4. The van der Waals surface area contributed by atoms with Crippen molar-refractivity contribution in [1.29, 1.82) is 5.41 Å². The molecule has 1 heterocycles. The molecule has 0 radical (unpaired) electrons. The molecule has 16 heavy (non-hydrogen) atoms. The third-order valence-corrected chi connectivity index (χ3v) is 2.29. The van der Waals surface area contributed by atoms with E-state index in [0.29, 0.717) is 17.4 Å². The van der Waals surface area contributed by atoms with Crippen molar-refractivity contribution in [3.8, 4) is 0 Å². The number of nitrogens with one attached hydrogen (secondary N) is 3. The van der Waals surface area contributed by atoms with Crippen LogP contribution in [0.3, 0.4) is 0 Å². The van der Waals surface area contributed by atoms with Crippen molar-refractivity contribution in [3.05, 3.63) is 18.1 Å². The molecule has 2 rings (SSSR count). The topological polar surface area (TPSA) is 81.6 Å². The molecule has 1 saturated carbocycles. The van der Waals surface area contributed by atoms with E-state index in [2.05, 4.69) is 15.3 Å². The largest absolute Gasteiger partial charge is 0.325 e. The summed E-state index contributed by atoms with van der Waals surface area (Å²) in [6, 6.07) is 0. The Morgan fingerprint density at radius 2 is 2.44 bits per heavy atom. The van der Waals surface area contributed by atoms with Gasteiger partial charge >= 0.3 is 0 Å². The zero-order chi connectivity index (χ0) is 11.5. The maximum Gasteiger partial charge on any atom is 0.228 e. The Kier molecular flexibility index (Phi) is 2.85. The zero-order valence-corrected chi connectivity index (χ0v) is 9.08. The first-order valence-electron chi connectivity index (χ1n) is 5.24. The number of rotatable bonds is 4. The molecule has 84 valence electrons. The highest BCUT2D eigenvalue weighted by Crippen LogP contribution is 2.29. The molecule has 0 atom stereocenters. The number of carbonyl (C=O) groups is 1. The summed E-state index contributed by atoms with van der Waals surface area (Å²) in [5, 5.41) is 10.00. The van der Waals surface area contributed by atoms with Gasteiger partial charge in [0.1, 0.15) is 11.6 Å². The summed E-state index contributed by atoms with van der Waals surface area (Å²) in [6.45, 7) is 1.69. The summed E-state index contributed by atoms with van der Waals surface area (Å²) in [5.74, 6) is 1.49. The van der Waals surface area contributed by atoms with Crippen molar-refractivity contribution in [2.24, 2.45) is 5.92 Å². The normalized spacial score (nSPS) is 15.3. The number of aromatic nitrogens is 2. The Bertz CT molecular complexity index is 443. The highest BCUT2D eigenvalue weighted by atomic mass is 16.2. The summed E-state index contributed by atoms with van der Waals surface area (Å²) in [6.07, 6.45) is 6.90. The van der Waals surface area contributed by atoms with Gasteiger partial charge in [0.2, 0.25) is 5.91 Å². The van der Waals surface area contributed by atoms with Gasteiger partial charge in [-0.05, 0) is 31.9 Å². The van der Waals surface area contributed by atoms with E-state index in [1.165, 1.54) is 0 Å². The molecular formula is C11H14N4O. The molecule has 1 aliphatic carbocycles. The minimum atomic E-state index is 0.0578. The number of allylic oxidation sites excluding steroid dienone is 1. The van der Waals surface area contributed by atoms with Crippen LogP contribution in [0, 0.1) is 11.3 Å². The van der Waals surface area contributed by atoms with Gasteiger partial charge in [0.15, 0.2) is 0 Å². The molecule has 1 aliphatic rings. The highest BCUT2D eigenvalue weighted by Gasteiger charge is 2.29. The Morgan fingerprint density at radius 3 is 3.06 bits per heavy atom. The number of hydrogen-bond donors (Lipinski definition) is 3. The van der Waals surface area contributed by atoms with Crippen molar-refractivity contribution in [1.82, 2.24) is 9.97 Å². The van der Waals surface area contributed by atoms with Gasteiger partial charge in [0.25, 0.3) is 0 Å². The van der Waals surface area contributed by atoms with Gasteiger partial charge in [-0.1, -0.05) is 0 Å². The van der Waals surface area contributed by atoms with Gasteiger partial charge in [-0.15, -0.1) is 0 Å². The van der Waals surface area contributed by atoms with Gasteiger partial charge in [-0.3, -0.25) is 4.79 Å². The van der Waals surface area contributed by atoms with Crippen molar-refractivity contribution in [2.45, 2.75) is 19.8 Å². The molecule has 0 bridgehead atoms. The summed E-state index contributed by atoms with van der Waals surface area (Å²) < 4.78 is 0. The zero-order valence-electron chi connectivity index (χ0n) is 9.08. The van der Waals surface area contributed by atoms with E-state index < -0.39 is 0 Å². The van der Waals surface area contributed by atoms with Crippen molar-refractivity contribution < 1.29 is 4.79 Å². The second kappa shape index (κ2) is 4.30. The van der Waals surface area contributed by atoms with Crippen LogP contribution >= 0.6 is 0 Å². The number of amides is 1. The Morgan fingerprint density at radius 1 is 1.69 bits per heavy atom. The molecule has 0 aromatic carbocycles. The Labute approximate surface area is 93.5 Å². The molecule has 5 heteroatoms. The Balaban J connectivity index is 1.96. The lowest BCUT2D eigenvalue weighted by atomic mass is 10.4. The average Bonchev–Trinajstić information content (AvgIpc) is 2.98. The van der Waals surface area contributed by atoms with Crippen LogP contribution in [0.2, 0.25) is 0 Å². The molecule has 0 aliphatic heterocycles. The van der Waals surface area contributed by atoms with Crippen LogP contribution in [-0.4, -0.2) is 21.6 Å². The fourth-order valence-electron chi connectivity index (χ4n) is 1.27. The van der Waals surface area contributed by atoms with Crippen LogP contribution in [0.5, 0.6) is 0 Å². The number of nitrogens with zero attached hydrogens (tertiary/aromatic N) is 1.